The van der Waals surface area contributed by atoms with Crippen molar-refractivity contribution in [3.63, 3.8) is 0 Å². The minimum atomic E-state index is -1.24. The highest BCUT2D eigenvalue weighted by atomic mass is 16.4. The number of carbonyl (C=O) groups is 2. The molecule has 5 heteroatoms. The van der Waals surface area contributed by atoms with E-state index in [-0.39, 0.29) is 5.91 Å². The van der Waals surface area contributed by atoms with Gasteiger partial charge >= 0.3 is 5.97 Å². The lowest BCUT2D eigenvalue weighted by atomic mass is 10.0. The molecule has 0 fully saturated rings. The molecule has 1 aromatic carbocycles. The molecular formula is C15H20N2O3. The van der Waals surface area contributed by atoms with E-state index in [0.29, 0.717) is 12.2 Å². The third-order valence-corrected chi connectivity index (χ3v) is 3.14. The summed E-state index contributed by atoms with van der Waals surface area (Å²) in [5, 5.41) is 9.18. The monoisotopic (exact) mass is 276 g/mol. The van der Waals surface area contributed by atoms with E-state index in [9.17, 15) is 14.7 Å². The highest BCUT2D eigenvalue weighted by molar-refractivity contribution is 5.95. The van der Waals surface area contributed by atoms with Crippen molar-refractivity contribution in [2.24, 2.45) is 0 Å². The first-order valence-electron chi connectivity index (χ1n) is 6.37. The van der Waals surface area contributed by atoms with Gasteiger partial charge in [-0.25, -0.2) is 4.79 Å². The number of nitrogens with two attached hydrogens (primary N) is 1. The molecule has 1 amide bonds. The van der Waals surface area contributed by atoms with Gasteiger partial charge in [0.1, 0.15) is 5.54 Å². The number of carbonyl (C=O) groups excluding carboxylic acids is 1. The van der Waals surface area contributed by atoms with Gasteiger partial charge in [0.05, 0.1) is 0 Å². The summed E-state index contributed by atoms with van der Waals surface area (Å²) in [5.41, 5.74) is 5.82. The number of likely N-dealkylation sites (N-methyl/N-ethyl adjacent to an activating group) is 1. The standard InChI is InChI=1S/C15H20N2O3/c1-4-17(15(2,3)14(19)20)13(18)10-7-11-5-8-12(16)9-6-11/h5-10H,4,16H2,1-3H3,(H,19,20)/b10-7+. The van der Waals surface area contributed by atoms with E-state index in [1.807, 2.05) is 0 Å². The number of carboxylic acids is 1. The molecule has 0 aliphatic rings. The quantitative estimate of drug-likeness (QED) is 0.636. The summed E-state index contributed by atoms with van der Waals surface area (Å²) in [6.45, 7) is 5.09. The molecule has 0 aliphatic heterocycles. The van der Waals surface area contributed by atoms with Crippen molar-refractivity contribution >= 4 is 23.6 Å². The highest BCUT2D eigenvalue weighted by Crippen LogP contribution is 2.16. The average Bonchev–Trinajstić information content (AvgIpc) is 2.38. The Kier molecular flexibility index (Phi) is 4.91. The molecule has 0 radical (unpaired) electrons. The van der Waals surface area contributed by atoms with Gasteiger partial charge in [-0.15, -0.1) is 0 Å². The number of rotatable bonds is 5. The largest absolute Gasteiger partial charge is 0.480 e. The third kappa shape index (κ3) is 3.60. The fourth-order valence-corrected chi connectivity index (χ4v) is 1.81. The second-order valence-electron chi connectivity index (χ2n) is 4.95. The maximum atomic E-state index is 12.1. The molecule has 0 spiro atoms. The lowest BCUT2D eigenvalue weighted by Crippen LogP contribution is -2.52. The second kappa shape index (κ2) is 6.23. The van der Waals surface area contributed by atoms with Gasteiger partial charge < -0.3 is 15.7 Å². The second-order valence-corrected chi connectivity index (χ2v) is 4.95. The van der Waals surface area contributed by atoms with Crippen molar-refractivity contribution in [1.29, 1.82) is 0 Å². The lowest BCUT2D eigenvalue weighted by molar-refractivity contribution is -0.154. The number of benzene rings is 1. The predicted octanol–water partition coefficient (Wildman–Crippen LogP) is 1.99. The normalized spacial score (nSPS) is 11.6. The summed E-state index contributed by atoms with van der Waals surface area (Å²) in [6, 6.07) is 7.06. The third-order valence-electron chi connectivity index (χ3n) is 3.14. The Labute approximate surface area is 118 Å². The summed E-state index contributed by atoms with van der Waals surface area (Å²) in [7, 11) is 0. The zero-order valence-corrected chi connectivity index (χ0v) is 12.0. The summed E-state index contributed by atoms with van der Waals surface area (Å²) < 4.78 is 0. The number of nitrogens with zero attached hydrogens (tertiary/aromatic N) is 1. The Morgan fingerprint density at radius 1 is 1.30 bits per heavy atom. The highest BCUT2D eigenvalue weighted by Gasteiger charge is 2.35. The van der Waals surface area contributed by atoms with Crippen LogP contribution in [0.2, 0.25) is 0 Å². The number of hydrogen-bond acceptors (Lipinski definition) is 3. The molecule has 5 nitrogen and oxygen atoms in total. The van der Waals surface area contributed by atoms with E-state index in [0.717, 1.165) is 5.56 Å². The Morgan fingerprint density at radius 2 is 1.85 bits per heavy atom. The Balaban J connectivity index is 2.88. The molecule has 0 aromatic heterocycles. The Bertz CT molecular complexity index is 518. The van der Waals surface area contributed by atoms with E-state index in [2.05, 4.69) is 0 Å². The van der Waals surface area contributed by atoms with Crippen LogP contribution in [0, 0.1) is 0 Å². The van der Waals surface area contributed by atoms with Gasteiger partial charge in [-0.05, 0) is 44.5 Å². The first-order valence-corrected chi connectivity index (χ1v) is 6.37. The van der Waals surface area contributed by atoms with Crippen molar-refractivity contribution in [2.45, 2.75) is 26.3 Å². The molecule has 0 saturated heterocycles. The first-order chi connectivity index (χ1) is 9.28. The van der Waals surface area contributed by atoms with E-state index in [4.69, 9.17) is 5.73 Å². The number of hydrogen-bond donors (Lipinski definition) is 2. The fraction of sp³-hybridized carbons (Fsp3) is 0.333. The molecule has 1 rings (SSSR count). The summed E-state index contributed by atoms with van der Waals surface area (Å²) in [6.07, 6.45) is 3.02. The molecule has 3 N–H and O–H groups in total. The predicted molar refractivity (Wildman–Crippen MR) is 79.0 cm³/mol. The van der Waals surface area contributed by atoms with Gasteiger partial charge in [0, 0.05) is 18.3 Å². The molecular weight excluding hydrogens is 256 g/mol. The van der Waals surface area contributed by atoms with Gasteiger partial charge in [0.2, 0.25) is 5.91 Å². The van der Waals surface area contributed by atoms with Crippen LogP contribution in [0.4, 0.5) is 5.69 Å². The van der Waals surface area contributed by atoms with Gasteiger partial charge in [-0.3, -0.25) is 4.79 Å². The minimum absolute atomic E-state index is 0.324. The van der Waals surface area contributed by atoms with Crippen LogP contribution < -0.4 is 5.73 Å². The minimum Gasteiger partial charge on any atom is -0.480 e. The SMILES string of the molecule is CCN(C(=O)/C=C/c1ccc(N)cc1)C(C)(C)C(=O)O. The van der Waals surface area contributed by atoms with Crippen molar-refractivity contribution in [3.05, 3.63) is 35.9 Å². The number of aliphatic carboxylic acids is 1. The molecule has 108 valence electrons. The van der Waals surface area contributed by atoms with Crippen LogP contribution >= 0.6 is 0 Å². The topological polar surface area (TPSA) is 83.6 Å². The maximum absolute atomic E-state index is 12.1. The van der Waals surface area contributed by atoms with Crippen LogP contribution in [-0.4, -0.2) is 34.0 Å². The fourth-order valence-electron chi connectivity index (χ4n) is 1.81. The summed E-state index contributed by atoms with van der Waals surface area (Å²) in [4.78, 5) is 24.6. The smallest absolute Gasteiger partial charge is 0.329 e. The number of amides is 1. The van der Waals surface area contributed by atoms with Crippen molar-refractivity contribution in [1.82, 2.24) is 4.90 Å². The van der Waals surface area contributed by atoms with Crippen LogP contribution in [0.25, 0.3) is 6.08 Å². The molecule has 1 aromatic rings. The summed E-state index contributed by atoms with van der Waals surface area (Å²) in [5.74, 6) is -1.37. The zero-order chi connectivity index (χ0) is 15.3. The van der Waals surface area contributed by atoms with Crippen LogP contribution in [0.5, 0.6) is 0 Å². The molecule has 0 aliphatic carbocycles. The maximum Gasteiger partial charge on any atom is 0.329 e. The number of anilines is 1. The first kappa shape index (κ1) is 15.8. The molecule has 20 heavy (non-hydrogen) atoms. The van der Waals surface area contributed by atoms with Gasteiger partial charge in [0.15, 0.2) is 0 Å². The molecule has 0 heterocycles. The van der Waals surface area contributed by atoms with Crippen LogP contribution in [-0.2, 0) is 9.59 Å². The van der Waals surface area contributed by atoms with Crippen LogP contribution in [0.3, 0.4) is 0 Å². The van der Waals surface area contributed by atoms with Crippen LogP contribution in [0.1, 0.15) is 26.3 Å². The van der Waals surface area contributed by atoms with Crippen molar-refractivity contribution in [2.75, 3.05) is 12.3 Å². The van der Waals surface area contributed by atoms with E-state index >= 15 is 0 Å². The van der Waals surface area contributed by atoms with Gasteiger partial charge in [0.25, 0.3) is 0 Å². The lowest BCUT2D eigenvalue weighted by Gasteiger charge is -2.33. The molecule has 0 bridgehead atoms. The Hall–Kier alpha value is -2.30. The van der Waals surface area contributed by atoms with E-state index < -0.39 is 11.5 Å². The average molecular weight is 276 g/mol. The van der Waals surface area contributed by atoms with Crippen molar-refractivity contribution in [3.8, 4) is 0 Å². The Morgan fingerprint density at radius 3 is 2.30 bits per heavy atom. The van der Waals surface area contributed by atoms with E-state index in [1.165, 1.54) is 24.8 Å². The summed E-state index contributed by atoms with van der Waals surface area (Å²) >= 11 is 0. The zero-order valence-electron chi connectivity index (χ0n) is 12.0. The molecule has 0 atom stereocenters. The molecule has 0 unspecified atom stereocenters. The van der Waals surface area contributed by atoms with Crippen molar-refractivity contribution < 1.29 is 14.7 Å². The van der Waals surface area contributed by atoms with Gasteiger partial charge in [-0.1, -0.05) is 12.1 Å². The molecule has 0 saturated carbocycles. The van der Waals surface area contributed by atoms with Crippen LogP contribution in [0.15, 0.2) is 30.3 Å². The number of carboxylic acid groups (broad SMARTS) is 1. The number of nitrogen functional groups attached to an aromatic ring is 1. The van der Waals surface area contributed by atoms with Gasteiger partial charge in [-0.2, -0.15) is 0 Å². The van der Waals surface area contributed by atoms with E-state index in [1.54, 1.807) is 37.3 Å².